The van der Waals surface area contributed by atoms with Gasteiger partial charge in [0.25, 0.3) is 0 Å². The monoisotopic (exact) mass is 1440 g/mol. The number of hydrogen-bond donors (Lipinski definition) is 0. The Labute approximate surface area is 575 Å². The fraction of sp³-hybridized carbons (Fsp3) is 0.688. The molecular weight excluding hydrogens is 1360 g/mol. The van der Waals surface area contributed by atoms with Crippen LogP contribution in [0.2, 0.25) is 0 Å². The fourth-order valence-electron chi connectivity index (χ4n) is 13.1. The lowest BCUT2D eigenvalue weighted by Crippen LogP contribution is -2.69. The van der Waals surface area contributed by atoms with Crippen molar-refractivity contribution in [1.82, 2.24) is 0 Å². The molecular formula is C64H80O35S. The minimum absolute atomic E-state index is 0.0433. The molecule has 0 aromatic heterocycles. The molecule has 1 spiro atoms. The molecule has 6 aliphatic heterocycles. The maximum absolute atomic E-state index is 15.6. The molecule has 36 heteroatoms. The smallest absolute Gasteiger partial charge is 0.338 e. The number of thioether (sulfide) groups is 1. The Morgan fingerprint density at radius 3 is 1.45 bits per heavy atom. The number of benzene rings is 1. The zero-order valence-electron chi connectivity index (χ0n) is 57.0. The lowest BCUT2D eigenvalue weighted by atomic mass is 9.70. The summed E-state index contributed by atoms with van der Waals surface area (Å²) in [7, 11) is 0. The number of ether oxygens (including phenoxy) is 21. The standard InChI is InChI=1S/C64H80O35S/c1-25-21-81-63(20-42(25)92-58(77)39-15-17-40(18-16-39)83-29(5)67)62(78)64(98-38(14)76)46(84-30(6)68)19-41-45(24-100-56(41)57(64)99-63)95-60-55(51(89-35(11)73)48(86-32(8)70)43(93-60)22-79-27(3)65)97-61-54(91-37(13)75)52(49(87-33(9)71)44(94-61)23-80-28(4)66)96-59-53(90-36(12)74)50(88-34(10)72)47(26(2)82-59)85-31(7)69/h15-18,25-26,41-57,59-61H,19-24H2,1-14H3/t25-,26+,41-,42+,43-,44-,45+,46+,47+,48-,49-,50-,51+,52+,53-,54-,55-,56+,57-,59+,60+,61+,63+,64-/m1/s1. The normalized spacial score (nSPS) is 35.7. The van der Waals surface area contributed by atoms with Crippen LogP contribution in [-0.4, -0.2) is 242 Å². The average Bonchev–Trinajstić information content (AvgIpc) is 1.52. The molecule has 7 fully saturated rings. The quantitative estimate of drug-likeness (QED) is 0.0894. The number of carbonyl (C=O) groups excluding carboxylic acids is 14. The van der Waals surface area contributed by atoms with Gasteiger partial charge in [0.1, 0.15) is 49.5 Å². The van der Waals surface area contributed by atoms with Crippen LogP contribution in [0, 0.1) is 11.8 Å². The Kier molecular flexibility index (Phi) is 25.5. The molecule has 1 aliphatic carbocycles. The number of esters is 13. The van der Waals surface area contributed by atoms with Crippen LogP contribution < -0.4 is 4.74 Å². The molecule has 0 radical (unpaired) electrons. The summed E-state index contributed by atoms with van der Waals surface area (Å²) in [5, 5.41) is -0.990. The highest BCUT2D eigenvalue weighted by atomic mass is 32.2. The van der Waals surface area contributed by atoms with Crippen LogP contribution >= 0.6 is 11.8 Å². The molecule has 1 aromatic carbocycles. The Hall–Kier alpha value is -7.97. The molecule has 0 bridgehead atoms. The van der Waals surface area contributed by atoms with Gasteiger partial charge < -0.3 is 99.5 Å². The van der Waals surface area contributed by atoms with Crippen molar-refractivity contribution in [2.75, 3.05) is 25.6 Å². The first-order valence-electron chi connectivity index (χ1n) is 31.8. The molecule has 1 aromatic rings. The second kappa shape index (κ2) is 32.8. The van der Waals surface area contributed by atoms with Gasteiger partial charge in [-0.1, -0.05) is 6.92 Å². The number of Topliss-reactive ketones (excluding diaryl/α,β-unsaturated/α-hetero) is 1. The molecule has 7 aliphatic rings. The van der Waals surface area contributed by atoms with Crippen molar-refractivity contribution in [3.63, 3.8) is 0 Å². The summed E-state index contributed by atoms with van der Waals surface area (Å²) in [5.74, 6) is -17.2. The number of rotatable bonds is 22. The van der Waals surface area contributed by atoms with Gasteiger partial charge in [-0.15, -0.1) is 0 Å². The van der Waals surface area contributed by atoms with E-state index in [4.69, 9.17) is 99.5 Å². The Morgan fingerprint density at radius 2 is 0.940 bits per heavy atom. The third-order valence-corrected chi connectivity index (χ3v) is 18.3. The first-order chi connectivity index (χ1) is 47.0. The summed E-state index contributed by atoms with van der Waals surface area (Å²) in [6.07, 6.45) is -34.2. The third kappa shape index (κ3) is 18.2. The predicted molar refractivity (Wildman–Crippen MR) is 322 cm³/mol. The Balaban J connectivity index is 1.22. The molecule has 1 saturated carbocycles. The Morgan fingerprint density at radius 1 is 0.480 bits per heavy atom. The van der Waals surface area contributed by atoms with Gasteiger partial charge in [0.15, 0.2) is 73.8 Å². The highest BCUT2D eigenvalue weighted by molar-refractivity contribution is 8.00. The molecule has 24 atom stereocenters. The van der Waals surface area contributed by atoms with Gasteiger partial charge in [-0.25, -0.2) is 4.79 Å². The largest absolute Gasteiger partial charge is 0.463 e. The summed E-state index contributed by atoms with van der Waals surface area (Å²) in [6, 6.07) is 5.47. The zero-order chi connectivity index (χ0) is 73.6. The van der Waals surface area contributed by atoms with Crippen molar-refractivity contribution in [2.45, 2.75) is 243 Å². The predicted octanol–water partition coefficient (Wildman–Crippen LogP) is 1.23. The number of carbonyl (C=O) groups is 14. The van der Waals surface area contributed by atoms with Crippen LogP contribution in [0.4, 0.5) is 0 Å². The van der Waals surface area contributed by atoms with Crippen molar-refractivity contribution < 1.29 is 167 Å². The van der Waals surface area contributed by atoms with Crippen molar-refractivity contribution in [1.29, 1.82) is 0 Å². The van der Waals surface area contributed by atoms with Gasteiger partial charge in [0.05, 0.1) is 24.4 Å². The van der Waals surface area contributed by atoms with E-state index >= 15 is 4.79 Å². The van der Waals surface area contributed by atoms with E-state index in [0.717, 1.165) is 87.9 Å². The van der Waals surface area contributed by atoms with E-state index < -0.39 is 248 Å². The summed E-state index contributed by atoms with van der Waals surface area (Å²) < 4.78 is 127. The molecule has 0 unspecified atom stereocenters. The van der Waals surface area contributed by atoms with Crippen molar-refractivity contribution in [2.24, 2.45) is 11.8 Å². The van der Waals surface area contributed by atoms with Crippen LogP contribution in [0.25, 0.3) is 0 Å². The van der Waals surface area contributed by atoms with E-state index in [1.807, 2.05) is 0 Å². The summed E-state index contributed by atoms with van der Waals surface area (Å²) >= 11 is 1.12. The lowest BCUT2D eigenvalue weighted by molar-refractivity contribution is -0.388. The highest BCUT2D eigenvalue weighted by Crippen LogP contribution is 2.58. The van der Waals surface area contributed by atoms with Crippen LogP contribution in [0.5, 0.6) is 5.75 Å². The van der Waals surface area contributed by atoms with E-state index in [9.17, 15) is 62.3 Å². The molecule has 6 saturated heterocycles. The van der Waals surface area contributed by atoms with E-state index in [1.165, 1.54) is 38.1 Å². The second-order valence-corrected chi connectivity index (χ2v) is 25.9. The summed E-state index contributed by atoms with van der Waals surface area (Å²) in [5.41, 5.74) is -2.41. The molecule has 552 valence electrons. The van der Waals surface area contributed by atoms with Gasteiger partial charge in [0, 0.05) is 112 Å². The van der Waals surface area contributed by atoms with Crippen molar-refractivity contribution in [3.8, 4) is 5.75 Å². The summed E-state index contributed by atoms with van der Waals surface area (Å²) in [4.78, 5) is 185. The summed E-state index contributed by atoms with van der Waals surface area (Å²) in [6.45, 7) is 13.4. The zero-order valence-corrected chi connectivity index (χ0v) is 57.8. The average molecular weight is 1440 g/mol. The molecule has 100 heavy (non-hydrogen) atoms. The first kappa shape index (κ1) is 77.8. The maximum Gasteiger partial charge on any atom is 0.338 e. The van der Waals surface area contributed by atoms with E-state index in [-0.39, 0.29) is 30.1 Å². The SMILES string of the molecule is CC(=O)OC[C@H]1O[C@@H](O[C@H]2[C@H](O[C@H]3CS[C@H]4[C@@H]3C[C@H](OC(C)=O)[C@]3(OC(C)=O)C(=O)[C@]5(C[C@H](OC(=O)c6ccc(OC(C)=O)cc6)[C@H](C)CO5)O[C@H]43)O[C@H](COC(C)=O)[C@@H](OC(C)=O)[C@@H]2OC(C)=O)[C@H](OC(C)=O)[C@@H](O[C@@H]2O[C@@H](C)[C@H](OC(C)=O)[C@@H](OC(C)=O)[C@H]2OC(C)=O)[C@@H]1OC(C)=O. The van der Waals surface area contributed by atoms with E-state index in [0.29, 0.717) is 0 Å². The van der Waals surface area contributed by atoms with Crippen molar-refractivity contribution in [3.05, 3.63) is 29.8 Å². The van der Waals surface area contributed by atoms with Gasteiger partial charge in [-0.2, -0.15) is 11.8 Å². The van der Waals surface area contributed by atoms with E-state index in [1.54, 1.807) is 6.92 Å². The fourth-order valence-corrected chi connectivity index (χ4v) is 14.8. The molecule has 0 N–H and O–H groups in total. The van der Waals surface area contributed by atoms with Crippen LogP contribution in [0.1, 0.15) is 120 Å². The number of hydrogen-bond acceptors (Lipinski definition) is 36. The maximum atomic E-state index is 15.6. The molecule has 6 heterocycles. The topological polar surface area (TPSA) is 433 Å². The molecule has 35 nitrogen and oxygen atoms in total. The lowest BCUT2D eigenvalue weighted by Gasteiger charge is -2.51. The first-order valence-corrected chi connectivity index (χ1v) is 32.8. The molecule has 8 rings (SSSR count). The minimum atomic E-state index is -2.46. The van der Waals surface area contributed by atoms with Crippen LogP contribution in [-0.2, 0) is 157 Å². The highest BCUT2D eigenvalue weighted by Gasteiger charge is 2.78. The van der Waals surface area contributed by atoms with Gasteiger partial charge in [-0.05, 0) is 37.6 Å². The second-order valence-electron chi connectivity index (χ2n) is 24.7. The third-order valence-electron chi connectivity index (χ3n) is 16.8. The van der Waals surface area contributed by atoms with Gasteiger partial charge >= 0.3 is 77.6 Å². The number of ketones is 1. The Bertz CT molecular complexity index is 3280. The van der Waals surface area contributed by atoms with Crippen molar-refractivity contribution >= 4 is 95.1 Å². The molecule has 0 amide bonds. The van der Waals surface area contributed by atoms with Crippen LogP contribution in [0.3, 0.4) is 0 Å². The minimum Gasteiger partial charge on any atom is -0.463 e. The number of fused-ring (bicyclic) bond motifs is 3. The van der Waals surface area contributed by atoms with Crippen LogP contribution in [0.15, 0.2) is 24.3 Å². The van der Waals surface area contributed by atoms with Gasteiger partial charge in [-0.3, -0.25) is 62.3 Å². The van der Waals surface area contributed by atoms with E-state index in [2.05, 4.69) is 0 Å². The van der Waals surface area contributed by atoms with Gasteiger partial charge in [0.2, 0.25) is 17.2 Å².